The molecule has 2 heterocycles. The second-order valence-corrected chi connectivity index (χ2v) is 6.71. The lowest BCUT2D eigenvalue weighted by atomic mass is 10.0. The number of benzene rings is 1. The summed E-state index contributed by atoms with van der Waals surface area (Å²) < 4.78 is 6.36. The van der Waals surface area contributed by atoms with Gasteiger partial charge in [-0.25, -0.2) is 0 Å². The first kappa shape index (κ1) is 16.2. The van der Waals surface area contributed by atoms with Crippen LogP contribution in [0.3, 0.4) is 0 Å². The fraction of sp³-hybridized carbons (Fsp3) is 0.412. The highest BCUT2D eigenvalue weighted by atomic mass is 79.9. The highest BCUT2D eigenvalue weighted by molar-refractivity contribution is 9.10. The molecule has 6 heteroatoms. The van der Waals surface area contributed by atoms with E-state index in [1.165, 1.54) is 0 Å². The molecule has 0 bridgehead atoms. The van der Waals surface area contributed by atoms with Gasteiger partial charge in [-0.05, 0) is 31.4 Å². The molecule has 0 unspecified atom stereocenters. The second kappa shape index (κ2) is 7.27. The molecule has 1 aromatic heterocycles. The van der Waals surface area contributed by atoms with Crippen molar-refractivity contribution in [2.24, 2.45) is 0 Å². The van der Waals surface area contributed by atoms with Crippen molar-refractivity contribution < 1.29 is 14.4 Å². The topological polar surface area (TPSA) is 66.6 Å². The Morgan fingerprint density at radius 1 is 1.30 bits per heavy atom. The normalized spacial score (nSPS) is 15.8. The number of carbonyl (C=O) groups is 1. The van der Waals surface area contributed by atoms with Gasteiger partial charge in [0.15, 0.2) is 5.76 Å². The number of aromatic nitrogens is 1. The molecule has 1 aromatic carbocycles. The van der Waals surface area contributed by atoms with Gasteiger partial charge < -0.3 is 14.5 Å². The summed E-state index contributed by atoms with van der Waals surface area (Å²) in [7, 11) is 0. The number of hydrogen-bond donors (Lipinski definition) is 1. The van der Waals surface area contributed by atoms with Crippen molar-refractivity contribution in [1.29, 1.82) is 0 Å². The number of likely N-dealkylation sites (tertiary alicyclic amines) is 1. The quantitative estimate of drug-likeness (QED) is 0.887. The lowest BCUT2D eigenvalue weighted by molar-refractivity contribution is -0.133. The van der Waals surface area contributed by atoms with E-state index < -0.39 is 0 Å². The summed E-state index contributed by atoms with van der Waals surface area (Å²) in [5.74, 6) is 0.847. The third-order valence-corrected chi connectivity index (χ3v) is 4.70. The molecule has 0 spiro atoms. The van der Waals surface area contributed by atoms with Crippen LogP contribution in [0.25, 0.3) is 11.3 Å². The fourth-order valence-electron chi connectivity index (χ4n) is 2.79. The Morgan fingerprint density at radius 3 is 2.70 bits per heavy atom. The molecule has 1 aliphatic rings. The first-order valence-electron chi connectivity index (χ1n) is 7.79. The molecule has 0 aliphatic carbocycles. The first-order valence-corrected chi connectivity index (χ1v) is 8.58. The predicted molar refractivity (Wildman–Crippen MR) is 89.8 cm³/mol. The summed E-state index contributed by atoms with van der Waals surface area (Å²) in [6, 6.07) is 7.82. The van der Waals surface area contributed by atoms with Gasteiger partial charge in [0.05, 0.1) is 12.3 Å². The number of aliphatic hydroxyl groups is 1. The zero-order valence-corrected chi connectivity index (χ0v) is 14.3. The van der Waals surface area contributed by atoms with E-state index in [4.69, 9.17) is 4.52 Å². The largest absolute Gasteiger partial charge is 0.393 e. The van der Waals surface area contributed by atoms with E-state index in [1.54, 1.807) is 6.20 Å². The maximum absolute atomic E-state index is 12.3. The molecule has 2 aromatic rings. The van der Waals surface area contributed by atoms with Gasteiger partial charge in [-0.15, -0.1) is 0 Å². The number of carbonyl (C=O) groups excluding carboxylic acids is 1. The molecule has 23 heavy (non-hydrogen) atoms. The van der Waals surface area contributed by atoms with Gasteiger partial charge in [-0.3, -0.25) is 4.79 Å². The average molecular weight is 379 g/mol. The minimum atomic E-state index is -0.263. The van der Waals surface area contributed by atoms with E-state index in [-0.39, 0.29) is 12.0 Å². The Kier molecular flexibility index (Phi) is 5.13. The zero-order valence-electron chi connectivity index (χ0n) is 12.7. The molecule has 1 N–H and O–H groups in total. The van der Waals surface area contributed by atoms with Gasteiger partial charge in [0.2, 0.25) is 5.91 Å². The van der Waals surface area contributed by atoms with Crippen LogP contribution in [0.1, 0.15) is 24.8 Å². The summed E-state index contributed by atoms with van der Waals surface area (Å²) >= 11 is 3.41. The maximum atomic E-state index is 12.3. The van der Waals surface area contributed by atoms with Crippen LogP contribution in [0.2, 0.25) is 0 Å². The van der Waals surface area contributed by atoms with Crippen molar-refractivity contribution in [3.8, 4) is 11.3 Å². The molecule has 1 amide bonds. The number of hydrogen-bond acceptors (Lipinski definition) is 4. The Hall–Kier alpha value is -1.66. The van der Waals surface area contributed by atoms with E-state index >= 15 is 0 Å². The number of halogens is 1. The van der Waals surface area contributed by atoms with Crippen LogP contribution in [-0.4, -0.2) is 40.3 Å². The minimum Gasteiger partial charge on any atom is -0.393 e. The Labute approximate surface area is 143 Å². The van der Waals surface area contributed by atoms with Crippen LogP contribution < -0.4 is 0 Å². The maximum Gasteiger partial charge on any atom is 0.222 e. The third kappa shape index (κ3) is 4.00. The van der Waals surface area contributed by atoms with Crippen LogP contribution in [0.5, 0.6) is 0 Å². The van der Waals surface area contributed by atoms with Crippen molar-refractivity contribution >= 4 is 21.8 Å². The van der Waals surface area contributed by atoms with Crippen LogP contribution in [0, 0.1) is 0 Å². The molecule has 0 atom stereocenters. The smallest absolute Gasteiger partial charge is 0.222 e. The highest BCUT2D eigenvalue weighted by Crippen LogP contribution is 2.26. The fourth-order valence-corrected chi connectivity index (χ4v) is 3.06. The SMILES string of the molecule is O=C(CCc1cnoc1-c1ccc(Br)cc1)N1CCC(O)CC1. The summed E-state index contributed by atoms with van der Waals surface area (Å²) in [4.78, 5) is 14.1. The predicted octanol–water partition coefficient (Wildman–Crippen LogP) is 3.02. The van der Waals surface area contributed by atoms with Crippen LogP contribution in [0.4, 0.5) is 0 Å². The summed E-state index contributed by atoms with van der Waals surface area (Å²) in [6.07, 6.45) is 3.80. The number of nitrogens with zero attached hydrogens (tertiary/aromatic N) is 2. The van der Waals surface area contributed by atoms with Crippen molar-refractivity contribution in [2.45, 2.75) is 31.8 Å². The average Bonchev–Trinajstić information content (AvgIpc) is 3.02. The molecule has 3 rings (SSSR count). The Balaban J connectivity index is 1.62. The minimum absolute atomic E-state index is 0.125. The van der Waals surface area contributed by atoms with Gasteiger partial charge in [0.1, 0.15) is 0 Å². The second-order valence-electron chi connectivity index (χ2n) is 5.80. The van der Waals surface area contributed by atoms with Crippen molar-refractivity contribution in [3.05, 3.63) is 40.5 Å². The molecule has 1 saturated heterocycles. The summed E-state index contributed by atoms with van der Waals surface area (Å²) in [6.45, 7) is 1.28. The van der Waals surface area contributed by atoms with E-state index in [2.05, 4.69) is 21.1 Å². The lowest BCUT2D eigenvalue weighted by Crippen LogP contribution is -2.40. The van der Waals surface area contributed by atoms with Crippen molar-refractivity contribution in [2.75, 3.05) is 13.1 Å². The van der Waals surface area contributed by atoms with E-state index in [1.807, 2.05) is 29.2 Å². The van der Waals surface area contributed by atoms with Crippen LogP contribution in [0.15, 0.2) is 39.5 Å². The van der Waals surface area contributed by atoms with Crippen LogP contribution in [-0.2, 0) is 11.2 Å². The number of amides is 1. The lowest BCUT2D eigenvalue weighted by Gasteiger charge is -2.29. The Bertz CT molecular complexity index is 661. The van der Waals surface area contributed by atoms with E-state index in [0.717, 1.165) is 21.4 Å². The first-order chi connectivity index (χ1) is 11.1. The monoisotopic (exact) mass is 378 g/mol. The molecule has 0 saturated carbocycles. The van der Waals surface area contributed by atoms with E-state index in [0.29, 0.717) is 38.8 Å². The van der Waals surface area contributed by atoms with E-state index in [9.17, 15) is 9.90 Å². The zero-order chi connectivity index (χ0) is 16.2. The molecule has 0 radical (unpaired) electrons. The molecule has 1 aliphatic heterocycles. The molecular formula is C17H19BrN2O3. The molecule has 1 fully saturated rings. The van der Waals surface area contributed by atoms with Gasteiger partial charge >= 0.3 is 0 Å². The Morgan fingerprint density at radius 2 is 2.00 bits per heavy atom. The third-order valence-electron chi connectivity index (χ3n) is 4.18. The van der Waals surface area contributed by atoms with Gasteiger partial charge in [0, 0.05) is 35.1 Å². The van der Waals surface area contributed by atoms with Gasteiger partial charge in [0.25, 0.3) is 0 Å². The molecule has 122 valence electrons. The number of rotatable bonds is 4. The summed E-state index contributed by atoms with van der Waals surface area (Å²) in [5, 5.41) is 13.4. The number of piperidine rings is 1. The standard InChI is InChI=1S/C17H19BrN2O3/c18-14-4-1-12(2-5-14)17-13(11-19-23-17)3-6-16(22)20-9-7-15(21)8-10-20/h1-2,4-5,11,15,21H,3,6-10H2. The highest BCUT2D eigenvalue weighted by Gasteiger charge is 2.21. The van der Waals surface area contributed by atoms with Crippen molar-refractivity contribution in [1.82, 2.24) is 10.1 Å². The van der Waals surface area contributed by atoms with Gasteiger partial charge in [-0.1, -0.05) is 33.2 Å². The van der Waals surface area contributed by atoms with Crippen LogP contribution >= 0.6 is 15.9 Å². The van der Waals surface area contributed by atoms with Gasteiger partial charge in [-0.2, -0.15) is 0 Å². The molecular weight excluding hydrogens is 360 g/mol. The molecule has 5 nitrogen and oxygen atoms in total. The number of aliphatic hydroxyl groups excluding tert-OH is 1. The van der Waals surface area contributed by atoms with Crippen molar-refractivity contribution in [3.63, 3.8) is 0 Å². The summed E-state index contributed by atoms with van der Waals surface area (Å²) in [5.41, 5.74) is 1.90. The number of aryl methyl sites for hydroxylation is 1.